The number of hydrogen-bond acceptors (Lipinski definition) is 5. The molecule has 1 fully saturated rings. The molecule has 1 aliphatic rings. The summed E-state index contributed by atoms with van der Waals surface area (Å²) in [6.45, 7) is 5.91. The smallest absolute Gasteiger partial charge is 0.135 e. The highest BCUT2D eigenvalue weighted by Crippen LogP contribution is 2.25. The van der Waals surface area contributed by atoms with Crippen LogP contribution in [0, 0.1) is 13.8 Å². The molecular weight excluding hydrogens is 302 g/mol. The summed E-state index contributed by atoms with van der Waals surface area (Å²) in [5.74, 6) is 2.78. The molecule has 1 saturated heterocycles. The molecule has 1 aliphatic heterocycles. The minimum Gasteiger partial charge on any atom is -0.490 e. The van der Waals surface area contributed by atoms with Gasteiger partial charge in [0.25, 0.3) is 0 Å². The Morgan fingerprint density at radius 1 is 1.17 bits per heavy atom. The summed E-state index contributed by atoms with van der Waals surface area (Å²) < 4.78 is 6.16. The summed E-state index contributed by atoms with van der Waals surface area (Å²) in [7, 11) is 0. The lowest BCUT2D eigenvalue weighted by molar-refractivity contribution is 0.171. The zero-order valence-electron chi connectivity index (χ0n) is 14.0. The van der Waals surface area contributed by atoms with Crippen LogP contribution in [0.5, 0.6) is 5.75 Å². The number of aryl methyl sites for hydroxylation is 2. The van der Waals surface area contributed by atoms with E-state index in [0.717, 1.165) is 59.8 Å². The average Bonchev–Trinajstić information content (AvgIpc) is 3.06. The lowest BCUT2D eigenvalue weighted by Gasteiger charge is -2.33. The predicted octanol–water partition coefficient (Wildman–Crippen LogP) is 3.02. The number of fused-ring (bicyclic) bond motifs is 1. The van der Waals surface area contributed by atoms with Crippen LogP contribution in [0.3, 0.4) is 0 Å². The van der Waals surface area contributed by atoms with E-state index in [9.17, 15) is 0 Å². The monoisotopic (exact) mass is 323 g/mol. The lowest BCUT2D eigenvalue weighted by atomic mass is 10.1. The Bertz CT molecular complexity index is 851. The highest BCUT2D eigenvalue weighted by atomic mass is 16.5. The van der Waals surface area contributed by atoms with Crippen LogP contribution >= 0.6 is 0 Å². The van der Waals surface area contributed by atoms with Crippen LogP contribution < -0.4 is 9.64 Å². The Balaban J connectivity index is 1.41. The third-order valence-electron chi connectivity index (χ3n) is 4.52. The fraction of sp³-hybridized carbons (Fsp3) is 0.389. The molecule has 0 spiro atoms. The van der Waals surface area contributed by atoms with E-state index in [1.165, 1.54) is 0 Å². The van der Waals surface area contributed by atoms with Gasteiger partial charge < -0.3 is 9.64 Å². The van der Waals surface area contributed by atoms with Crippen molar-refractivity contribution in [1.29, 1.82) is 0 Å². The van der Waals surface area contributed by atoms with Crippen LogP contribution in [0.15, 0.2) is 30.6 Å². The van der Waals surface area contributed by atoms with Crippen LogP contribution in [0.1, 0.15) is 24.2 Å². The van der Waals surface area contributed by atoms with Crippen molar-refractivity contribution in [2.45, 2.75) is 32.8 Å². The largest absolute Gasteiger partial charge is 0.490 e. The second-order valence-electron chi connectivity index (χ2n) is 6.35. The summed E-state index contributed by atoms with van der Waals surface area (Å²) in [6.07, 6.45) is 5.95. The number of piperidine rings is 1. The van der Waals surface area contributed by atoms with Gasteiger partial charge in [-0.25, -0.2) is 9.97 Å². The minimum atomic E-state index is 0.241. The van der Waals surface area contributed by atoms with Crippen molar-refractivity contribution < 1.29 is 4.74 Å². The van der Waals surface area contributed by atoms with Crippen molar-refractivity contribution in [2.24, 2.45) is 0 Å². The molecule has 0 unspecified atom stereocenters. The van der Waals surface area contributed by atoms with E-state index in [4.69, 9.17) is 4.74 Å². The van der Waals surface area contributed by atoms with E-state index in [1.54, 1.807) is 0 Å². The van der Waals surface area contributed by atoms with E-state index in [-0.39, 0.29) is 6.10 Å². The SMILES string of the molecule is Cc1ncc(C)c(N2CCC(Oc3ccc4cn[nH]c4c3)CC2)n1. The normalized spacial score (nSPS) is 15.8. The van der Waals surface area contributed by atoms with Gasteiger partial charge in [-0.05, 0) is 26.0 Å². The maximum Gasteiger partial charge on any atom is 0.135 e. The Labute approximate surface area is 140 Å². The van der Waals surface area contributed by atoms with Crippen LogP contribution in [-0.2, 0) is 0 Å². The Morgan fingerprint density at radius 3 is 2.83 bits per heavy atom. The average molecular weight is 323 g/mol. The van der Waals surface area contributed by atoms with Crippen molar-refractivity contribution in [3.63, 3.8) is 0 Å². The maximum atomic E-state index is 6.16. The van der Waals surface area contributed by atoms with Gasteiger partial charge in [0.2, 0.25) is 0 Å². The highest BCUT2D eigenvalue weighted by molar-refractivity contribution is 5.79. The van der Waals surface area contributed by atoms with Crippen molar-refractivity contribution >= 4 is 16.7 Å². The molecule has 3 heterocycles. The van der Waals surface area contributed by atoms with E-state index < -0.39 is 0 Å². The predicted molar refractivity (Wildman–Crippen MR) is 93.5 cm³/mol. The Morgan fingerprint density at radius 2 is 2.00 bits per heavy atom. The first-order valence-corrected chi connectivity index (χ1v) is 8.34. The zero-order chi connectivity index (χ0) is 16.5. The molecule has 1 N–H and O–H groups in total. The van der Waals surface area contributed by atoms with E-state index >= 15 is 0 Å². The third-order valence-corrected chi connectivity index (χ3v) is 4.52. The molecule has 1 aromatic carbocycles. The summed E-state index contributed by atoms with van der Waals surface area (Å²) in [5.41, 5.74) is 2.14. The molecular formula is C18H21N5O. The Hall–Kier alpha value is -2.63. The molecule has 24 heavy (non-hydrogen) atoms. The van der Waals surface area contributed by atoms with E-state index in [1.807, 2.05) is 37.5 Å². The quantitative estimate of drug-likeness (QED) is 0.802. The van der Waals surface area contributed by atoms with Gasteiger partial charge >= 0.3 is 0 Å². The van der Waals surface area contributed by atoms with Gasteiger partial charge in [-0.2, -0.15) is 5.10 Å². The molecule has 0 amide bonds. The van der Waals surface area contributed by atoms with Gasteiger partial charge in [0.1, 0.15) is 23.5 Å². The van der Waals surface area contributed by atoms with E-state index in [2.05, 4.69) is 32.0 Å². The molecule has 0 saturated carbocycles. The second kappa shape index (κ2) is 6.11. The van der Waals surface area contributed by atoms with Gasteiger partial charge in [0.05, 0.1) is 11.7 Å². The van der Waals surface area contributed by atoms with E-state index in [0.29, 0.717) is 0 Å². The number of rotatable bonds is 3. The molecule has 4 rings (SSSR count). The summed E-state index contributed by atoms with van der Waals surface area (Å²) in [4.78, 5) is 11.2. The molecule has 3 aromatic rings. The van der Waals surface area contributed by atoms with Crippen LogP contribution in [0.25, 0.3) is 10.9 Å². The fourth-order valence-corrected chi connectivity index (χ4v) is 3.21. The number of nitrogens with zero attached hydrogens (tertiary/aromatic N) is 4. The molecule has 0 bridgehead atoms. The number of anilines is 1. The van der Waals surface area contributed by atoms with Crippen molar-refractivity contribution in [3.05, 3.63) is 42.0 Å². The fourth-order valence-electron chi connectivity index (χ4n) is 3.21. The number of ether oxygens (including phenoxy) is 1. The summed E-state index contributed by atoms with van der Waals surface area (Å²) in [5, 5.41) is 8.14. The number of H-pyrrole nitrogens is 1. The first-order chi connectivity index (χ1) is 11.7. The molecule has 6 nitrogen and oxygen atoms in total. The second-order valence-corrected chi connectivity index (χ2v) is 6.35. The van der Waals surface area contributed by atoms with Gasteiger partial charge in [-0.15, -0.1) is 0 Å². The first kappa shape index (κ1) is 14.9. The standard InChI is InChI=1S/C18H21N5O/c1-12-10-19-13(2)21-18(12)23-7-5-15(6-8-23)24-16-4-3-14-11-20-22-17(14)9-16/h3-4,9-11,15H,5-8H2,1-2H3,(H,20,22). The summed E-state index contributed by atoms with van der Waals surface area (Å²) >= 11 is 0. The molecule has 0 radical (unpaired) electrons. The molecule has 2 aromatic heterocycles. The minimum absolute atomic E-state index is 0.241. The summed E-state index contributed by atoms with van der Waals surface area (Å²) in [6, 6.07) is 6.07. The van der Waals surface area contributed by atoms with Crippen LogP contribution in [-0.4, -0.2) is 39.4 Å². The Kier molecular flexibility index (Phi) is 3.80. The highest BCUT2D eigenvalue weighted by Gasteiger charge is 2.22. The molecule has 124 valence electrons. The number of benzene rings is 1. The van der Waals surface area contributed by atoms with Gasteiger partial charge in [-0.1, -0.05) is 0 Å². The molecule has 0 aliphatic carbocycles. The lowest BCUT2D eigenvalue weighted by Crippen LogP contribution is -2.39. The van der Waals surface area contributed by atoms with Crippen molar-refractivity contribution in [3.8, 4) is 5.75 Å². The maximum absolute atomic E-state index is 6.16. The van der Waals surface area contributed by atoms with Gasteiger partial charge in [0.15, 0.2) is 0 Å². The zero-order valence-corrected chi connectivity index (χ0v) is 14.0. The van der Waals surface area contributed by atoms with Gasteiger partial charge in [-0.3, -0.25) is 5.10 Å². The number of aromatic amines is 1. The number of aromatic nitrogens is 4. The van der Waals surface area contributed by atoms with Crippen molar-refractivity contribution in [2.75, 3.05) is 18.0 Å². The first-order valence-electron chi connectivity index (χ1n) is 8.34. The molecule has 0 atom stereocenters. The van der Waals surface area contributed by atoms with Gasteiger partial charge in [0, 0.05) is 49.1 Å². The molecule has 6 heteroatoms. The van der Waals surface area contributed by atoms with Crippen LogP contribution in [0.4, 0.5) is 5.82 Å². The third kappa shape index (κ3) is 2.91. The number of hydrogen-bond donors (Lipinski definition) is 1. The topological polar surface area (TPSA) is 66.9 Å². The number of nitrogens with one attached hydrogen (secondary N) is 1. The van der Waals surface area contributed by atoms with Crippen molar-refractivity contribution in [1.82, 2.24) is 20.2 Å². The van der Waals surface area contributed by atoms with Crippen LogP contribution in [0.2, 0.25) is 0 Å².